The van der Waals surface area contributed by atoms with Gasteiger partial charge in [0.2, 0.25) is 5.95 Å². The van der Waals surface area contributed by atoms with Crippen molar-refractivity contribution in [2.24, 2.45) is 0 Å². The second-order valence-corrected chi connectivity index (χ2v) is 13.2. The molecule has 2 aliphatic heterocycles. The lowest BCUT2D eigenvalue weighted by Gasteiger charge is -2.36. The first kappa shape index (κ1) is 28.3. The number of amides is 1. The number of hydrogen-bond donors (Lipinski definition) is 1. The van der Waals surface area contributed by atoms with Crippen LogP contribution in [0.1, 0.15) is 26.3 Å². The van der Waals surface area contributed by atoms with Gasteiger partial charge in [-0.15, -0.1) is 0 Å². The van der Waals surface area contributed by atoms with Crippen LogP contribution in [0.15, 0.2) is 53.6 Å². The summed E-state index contributed by atoms with van der Waals surface area (Å²) in [4.78, 5) is 27.6. The average molecular weight is 606 g/mol. The minimum absolute atomic E-state index is 0.00994. The molecule has 0 saturated carbocycles. The maximum Gasteiger partial charge on any atom is 0.410 e. The zero-order valence-electron chi connectivity index (χ0n) is 22.4. The van der Waals surface area contributed by atoms with Gasteiger partial charge in [0.1, 0.15) is 11.4 Å². The first-order valence-corrected chi connectivity index (χ1v) is 15.1. The Labute approximate surface area is 243 Å². The van der Waals surface area contributed by atoms with Crippen LogP contribution in [-0.2, 0) is 21.2 Å². The summed E-state index contributed by atoms with van der Waals surface area (Å²) in [6.45, 7) is 8.58. The molecule has 0 bridgehead atoms. The van der Waals surface area contributed by atoms with Gasteiger partial charge in [-0.3, -0.25) is 4.72 Å². The molecule has 0 spiro atoms. The Hall–Kier alpha value is -3.28. The van der Waals surface area contributed by atoms with Crippen LogP contribution in [0.2, 0.25) is 10.0 Å². The van der Waals surface area contributed by atoms with Crippen LogP contribution >= 0.6 is 23.2 Å². The number of halogens is 2. The van der Waals surface area contributed by atoms with Gasteiger partial charge in [0.05, 0.1) is 4.90 Å². The van der Waals surface area contributed by atoms with Gasteiger partial charge in [-0.25, -0.2) is 18.2 Å². The third kappa shape index (κ3) is 6.37. The van der Waals surface area contributed by atoms with Crippen molar-refractivity contribution < 1.29 is 17.9 Å². The molecule has 5 rings (SSSR count). The Morgan fingerprint density at radius 3 is 2.35 bits per heavy atom. The van der Waals surface area contributed by atoms with Gasteiger partial charge >= 0.3 is 6.09 Å². The molecule has 40 heavy (non-hydrogen) atoms. The monoisotopic (exact) mass is 604 g/mol. The molecule has 212 valence electrons. The van der Waals surface area contributed by atoms with E-state index in [1.807, 2.05) is 43.9 Å². The average Bonchev–Trinajstić information content (AvgIpc) is 3.30. The number of sulfonamides is 1. The van der Waals surface area contributed by atoms with Gasteiger partial charge in [0, 0.05) is 60.3 Å². The Morgan fingerprint density at radius 1 is 0.975 bits per heavy atom. The maximum absolute atomic E-state index is 12.9. The number of ether oxygens (including phenoxy) is 1. The van der Waals surface area contributed by atoms with Crippen molar-refractivity contribution in [3.63, 3.8) is 0 Å². The predicted molar refractivity (Wildman–Crippen MR) is 156 cm³/mol. The highest BCUT2D eigenvalue weighted by Gasteiger charge is 2.28. The molecule has 3 heterocycles. The predicted octanol–water partition coefficient (Wildman–Crippen LogP) is 5.34. The first-order chi connectivity index (χ1) is 18.9. The van der Waals surface area contributed by atoms with Crippen LogP contribution in [0.5, 0.6) is 0 Å². The molecule has 13 heteroatoms. The van der Waals surface area contributed by atoms with Gasteiger partial charge in [0.25, 0.3) is 10.0 Å². The molecule has 1 amide bonds. The van der Waals surface area contributed by atoms with Crippen LogP contribution in [0, 0.1) is 0 Å². The Kier molecular flexibility index (Phi) is 7.73. The van der Waals surface area contributed by atoms with E-state index in [1.165, 1.54) is 18.2 Å². The Bertz CT molecular complexity index is 1520. The third-order valence-electron chi connectivity index (χ3n) is 6.50. The molecule has 0 atom stereocenters. The van der Waals surface area contributed by atoms with Crippen molar-refractivity contribution >= 4 is 62.5 Å². The molecule has 1 saturated heterocycles. The molecule has 1 N–H and O–H groups in total. The number of aromatic nitrogens is 2. The van der Waals surface area contributed by atoms with Gasteiger partial charge < -0.3 is 19.4 Å². The smallest absolute Gasteiger partial charge is 0.410 e. The summed E-state index contributed by atoms with van der Waals surface area (Å²) in [6.07, 6.45) is 2.13. The standard InChI is InChI=1S/C27H30Cl2N6O4S/c1-27(2,3)39-26(36)34-12-10-33(11-13-34)24-6-8-30-25(31-24)35-9-7-18-14-21(4-5-23(18)35)32-40(37,38)22-16-19(28)15-20(29)17-22/h4-6,8,14-17,32H,7,9-13H2,1-3H3. The number of nitrogens with zero attached hydrogens (tertiary/aromatic N) is 5. The number of carbonyl (C=O) groups excluding carboxylic acids is 1. The number of nitrogens with one attached hydrogen (secondary N) is 1. The number of carbonyl (C=O) groups is 1. The van der Waals surface area contributed by atoms with Crippen LogP contribution < -0.4 is 14.5 Å². The normalized spacial score (nSPS) is 15.7. The highest BCUT2D eigenvalue weighted by atomic mass is 35.5. The van der Waals surface area contributed by atoms with Crippen molar-refractivity contribution in [2.45, 2.75) is 37.7 Å². The lowest BCUT2D eigenvalue weighted by molar-refractivity contribution is 0.0240. The maximum atomic E-state index is 12.9. The van der Waals surface area contributed by atoms with Crippen LogP contribution in [0.25, 0.3) is 0 Å². The molecule has 10 nitrogen and oxygen atoms in total. The number of hydrogen-bond acceptors (Lipinski definition) is 8. The molecule has 1 aromatic heterocycles. The minimum atomic E-state index is -3.87. The van der Waals surface area contributed by atoms with E-state index >= 15 is 0 Å². The highest BCUT2D eigenvalue weighted by molar-refractivity contribution is 7.92. The van der Waals surface area contributed by atoms with Crippen LogP contribution in [0.3, 0.4) is 0 Å². The second-order valence-electron chi connectivity index (χ2n) is 10.6. The van der Waals surface area contributed by atoms with Crippen molar-refractivity contribution in [1.82, 2.24) is 14.9 Å². The largest absolute Gasteiger partial charge is 0.444 e. The zero-order valence-corrected chi connectivity index (χ0v) is 24.7. The fraction of sp³-hybridized carbons (Fsp3) is 0.370. The molecular formula is C27H30Cl2N6O4S. The fourth-order valence-electron chi connectivity index (χ4n) is 4.66. The molecule has 0 unspecified atom stereocenters. The van der Waals surface area contributed by atoms with Crippen LogP contribution in [-0.4, -0.2) is 67.7 Å². The third-order valence-corrected chi connectivity index (χ3v) is 8.30. The van der Waals surface area contributed by atoms with E-state index < -0.39 is 15.6 Å². The van der Waals surface area contributed by atoms with Gasteiger partial charge in [0.15, 0.2) is 0 Å². The van der Waals surface area contributed by atoms with E-state index in [0.29, 0.717) is 50.8 Å². The zero-order chi connectivity index (χ0) is 28.7. The summed E-state index contributed by atoms with van der Waals surface area (Å²) >= 11 is 12.0. The number of piperazine rings is 1. The van der Waals surface area contributed by atoms with Crippen molar-refractivity contribution in [1.29, 1.82) is 0 Å². The van der Waals surface area contributed by atoms with E-state index in [-0.39, 0.29) is 21.0 Å². The number of benzene rings is 2. The number of rotatable bonds is 5. The van der Waals surface area contributed by atoms with Crippen molar-refractivity contribution in [2.75, 3.05) is 47.2 Å². The van der Waals surface area contributed by atoms with Crippen molar-refractivity contribution in [3.8, 4) is 0 Å². The first-order valence-electron chi connectivity index (χ1n) is 12.8. The molecule has 0 radical (unpaired) electrons. The fourth-order valence-corrected chi connectivity index (χ4v) is 6.44. The van der Waals surface area contributed by atoms with E-state index in [0.717, 1.165) is 17.1 Å². The van der Waals surface area contributed by atoms with E-state index in [1.54, 1.807) is 17.2 Å². The summed E-state index contributed by atoms with van der Waals surface area (Å²) in [5, 5.41) is 0.481. The quantitative estimate of drug-likeness (QED) is 0.416. The molecule has 0 aliphatic carbocycles. The van der Waals surface area contributed by atoms with E-state index in [4.69, 9.17) is 32.9 Å². The molecule has 3 aromatic rings. The summed E-state index contributed by atoms with van der Waals surface area (Å²) in [7, 11) is -3.87. The number of fused-ring (bicyclic) bond motifs is 1. The lowest BCUT2D eigenvalue weighted by Crippen LogP contribution is -2.50. The van der Waals surface area contributed by atoms with Gasteiger partial charge in [-0.1, -0.05) is 23.2 Å². The van der Waals surface area contributed by atoms with Gasteiger partial charge in [-0.05, 0) is 75.2 Å². The summed E-state index contributed by atoms with van der Waals surface area (Å²) < 4.78 is 33.9. The summed E-state index contributed by atoms with van der Waals surface area (Å²) in [5.74, 6) is 1.35. The minimum Gasteiger partial charge on any atom is -0.444 e. The van der Waals surface area contributed by atoms with Crippen LogP contribution in [0.4, 0.5) is 27.9 Å². The second kappa shape index (κ2) is 10.9. The van der Waals surface area contributed by atoms with Gasteiger partial charge in [-0.2, -0.15) is 4.98 Å². The van der Waals surface area contributed by atoms with Crippen molar-refractivity contribution in [3.05, 3.63) is 64.3 Å². The molecule has 2 aromatic carbocycles. The Morgan fingerprint density at radius 2 is 1.68 bits per heavy atom. The van der Waals surface area contributed by atoms with E-state index in [9.17, 15) is 13.2 Å². The molecular weight excluding hydrogens is 575 g/mol. The molecule has 2 aliphatic rings. The lowest BCUT2D eigenvalue weighted by atomic mass is 10.1. The van der Waals surface area contributed by atoms with E-state index in [2.05, 4.69) is 14.6 Å². The summed E-state index contributed by atoms with van der Waals surface area (Å²) in [6, 6.07) is 11.4. The topological polar surface area (TPSA) is 108 Å². The Balaban J connectivity index is 1.27. The summed E-state index contributed by atoms with van der Waals surface area (Å²) in [5.41, 5.74) is 1.80. The SMILES string of the molecule is CC(C)(C)OC(=O)N1CCN(c2ccnc(N3CCc4cc(NS(=O)(=O)c5cc(Cl)cc(Cl)c5)ccc43)n2)CC1. The highest BCUT2D eigenvalue weighted by Crippen LogP contribution is 2.35. The number of anilines is 4. The molecule has 1 fully saturated rings.